The van der Waals surface area contributed by atoms with Gasteiger partial charge >= 0.3 is 11.9 Å². The molecule has 5 heteroatoms. The molecular weight excluding hydrogens is 224 g/mol. The Morgan fingerprint density at radius 2 is 1.71 bits per heavy atom. The molecule has 1 aliphatic rings. The van der Waals surface area contributed by atoms with Crippen molar-refractivity contribution in [1.82, 2.24) is 0 Å². The van der Waals surface area contributed by atoms with E-state index in [-0.39, 0.29) is 5.78 Å². The van der Waals surface area contributed by atoms with Crippen LogP contribution in [0.25, 0.3) is 0 Å². The van der Waals surface area contributed by atoms with Gasteiger partial charge in [0, 0.05) is 19.4 Å². The number of ketones is 1. The normalized spacial score (nSPS) is 23.7. The molecule has 0 bridgehead atoms. The fourth-order valence-corrected chi connectivity index (χ4v) is 1.60. The van der Waals surface area contributed by atoms with Gasteiger partial charge in [0.2, 0.25) is 11.9 Å². The molecule has 0 aromatic carbocycles. The highest BCUT2D eigenvalue weighted by Crippen LogP contribution is 2.24. The first-order valence-corrected chi connectivity index (χ1v) is 5.18. The van der Waals surface area contributed by atoms with Crippen molar-refractivity contribution in [2.24, 2.45) is 0 Å². The van der Waals surface area contributed by atoms with Crippen LogP contribution in [-0.2, 0) is 23.9 Å². The van der Waals surface area contributed by atoms with Crippen LogP contribution in [0.2, 0.25) is 0 Å². The zero-order valence-corrected chi connectivity index (χ0v) is 9.93. The Bertz CT molecular complexity index is 405. The van der Waals surface area contributed by atoms with Gasteiger partial charge in [-0.1, -0.05) is 12.2 Å². The summed E-state index contributed by atoms with van der Waals surface area (Å²) in [4.78, 5) is 33.5. The number of rotatable bonds is 3. The highest BCUT2D eigenvalue weighted by molar-refractivity contribution is 6.00. The summed E-state index contributed by atoms with van der Waals surface area (Å²) >= 11 is 0. The summed E-state index contributed by atoms with van der Waals surface area (Å²) in [6.07, 6.45) is 2.77. The minimum absolute atomic E-state index is 0.375. The number of esters is 2. The van der Waals surface area contributed by atoms with Gasteiger partial charge in [-0.25, -0.2) is 0 Å². The summed E-state index contributed by atoms with van der Waals surface area (Å²) < 4.78 is 9.87. The van der Waals surface area contributed by atoms with Crippen molar-refractivity contribution >= 4 is 17.7 Å². The Kier molecular flexibility index (Phi) is 4.20. The van der Waals surface area contributed by atoms with Crippen LogP contribution in [0.1, 0.15) is 20.8 Å². The average molecular weight is 238 g/mol. The lowest BCUT2D eigenvalue weighted by atomic mass is 10.1. The van der Waals surface area contributed by atoms with E-state index in [4.69, 9.17) is 9.47 Å². The van der Waals surface area contributed by atoms with Gasteiger partial charge in [0.05, 0.1) is 0 Å². The summed E-state index contributed by atoms with van der Waals surface area (Å²) in [7, 11) is 0. The fraction of sp³-hybridized carbons (Fsp3) is 0.417. The van der Waals surface area contributed by atoms with Gasteiger partial charge in [0.1, 0.15) is 0 Å². The minimum atomic E-state index is -1.07. The van der Waals surface area contributed by atoms with Crippen LogP contribution in [0.15, 0.2) is 23.8 Å². The van der Waals surface area contributed by atoms with E-state index in [2.05, 4.69) is 0 Å². The SMILES string of the molecule is C/C=C/C1=CC(=O)C(OC(C)=O)C1OC(C)=O. The Morgan fingerprint density at radius 1 is 1.18 bits per heavy atom. The van der Waals surface area contributed by atoms with E-state index in [1.165, 1.54) is 19.9 Å². The molecule has 92 valence electrons. The molecule has 1 rings (SSSR count). The molecule has 0 heterocycles. The average Bonchev–Trinajstić information content (AvgIpc) is 2.45. The van der Waals surface area contributed by atoms with Crippen molar-refractivity contribution in [3.8, 4) is 0 Å². The zero-order valence-electron chi connectivity index (χ0n) is 9.93. The van der Waals surface area contributed by atoms with Gasteiger partial charge in [-0.05, 0) is 13.0 Å². The lowest BCUT2D eigenvalue weighted by Gasteiger charge is -2.19. The molecule has 0 saturated carbocycles. The van der Waals surface area contributed by atoms with Crippen LogP contribution in [0.5, 0.6) is 0 Å². The monoisotopic (exact) mass is 238 g/mol. The Morgan fingerprint density at radius 3 is 2.18 bits per heavy atom. The number of hydrogen-bond donors (Lipinski definition) is 0. The van der Waals surface area contributed by atoms with E-state index >= 15 is 0 Å². The molecule has 0 spiro atoms. The molecule has 2 unspecified atom stereocenters. The summed E-state index contributed by atoms with van der Waals surface area (Å²) in [5.41, 5.74) is 0.527. The third-order valence-electron chi connectivity index (χ3n) is 2.14. The van der Waals surface area contributed by atoms with Crippen molar-refractivity contribution in [3.05, 3.63) is 23.8 Å². The summed E-state index contributed by atoms with van der Waals surface area (Å²) in [5, 5.41) is 0. The highest BCUT2D eigenvalue weighted by atomic mass is 16.6. The number of ether oxygens (including phenoxy) is 2. The first-order valence-electron chi connectivity index (χ1n) is 5.18. The maximum Gasteiger partial charge on any atom is 0.303 e. The molecule has 0 aromatic heterocycles. The van der Waals surface area contributed by atoms with Crippen LogP contribution < -0.4 is 0 Å². The van der Waals surface area contributed by atoms with E-state index in [9.17, 15) is 14.4 Å². The van der Waals surface area contributed by atoms with Gasteiger partial charge in [-0.15, -0.1) is 0 Å². The first-order chi connectivity index (χ1) is 7.95. The second-order valence-corrected chi connectivity index (χ2v) is 3.61. The summed E-state index contributed by atoms with van der Waals surface area (Å²) in [5.74, 6) is -1.49. The third kappa shape index (κ3) is 3.27. The molecule has 5 nitrogen and oxygen atoms in total. The van der Waals surface area contributed by atoms with E-state index in [1.807, 2.05) is 0 Å². The number of carbonyl (C=O) groups excluding carboxylic acids is 3. The molecule has 0 aromatic rings. The number of allylic oxidation sites excluding steroid dienone is 1. The van der Waals surface area contributed by atoms with Crippen molar-refractivity contribution in [2.75, 3.05) is 0 Å². The van der Waals surface area contributed by atoms with Gasteiger partial charge < -0.3 is 9.47 Å². The van der Waals surface area contributed by atoms with Gasteiger partial charge in [0.15, 0.2) is 6.10 Å². The Hall–Kier alpha value is -1.91. The van der Waals surface area contributed by atoms with Crippen LogP contribution in [0.3, 0.4) is 0 Å². The lowest BCUT2D eigenvalue weighted by molar-refractivity contribution is -0.163. The smallest absolute Gasteiger partial charge is 0.303 e. The molecule has 0 aliphatic heterocycles. The van der Waals surface area contributed by atoms with Crippen molar-refractivity contribution in [3.63, 3.8) is 0 Å². The van der Waals surface area contributed by atoms with Crippen LogP contribution in [-0.4, -0.2) is 29.9 Å². The molecule has 0 radical (unpaired) electrons. The lowest BCUT2D eigenvalue weighted by Crippen LogP contribution is -2.36. The van der Waals surface area contributed by atoms with Crippen LogP contribution in [0.4, 0.5) is 0 Å². The minimum Gasteiger partial charge on any atom is -0.453 e. The predicted molar refractivity (Wildman–Crippen MR) is 59.0 cm³/mol. The quantitative estimate of drug-likeness (QED) is 0.684. The maximum absolute atomic E-state index is 11.6. The fourth-order valence-electron chi connectivity index (χ4n) is 1.60. The van der Waals surface area contributed by atoms with Crippen molar-refractivity contribution in [1.29, 1.82) is 0 Å². The van der Waals surface area contributed by atoms with E-state index in [0.717, 1.165) is 0 Å². The second kappa shape index (κ2) is 5.43. The van der Waals surface area contributed by atoms with E-state index < -0.39 is 24.1 Å². The standard InChI is InChI=1S/C12H14O5/c1-4-5-9-6-10(15)12(17-8(3)14)11(9)16-7(2)13/h4-6,11-12H,1-3H3/b5-4+. The van der Waals surface area contributed by atoms with Crippen LogP contribution in [0, 0.1) is 0 Å². The molecule has 0 N–H and O–H groups in total. The molecule has 1 aliphatic carbocycles. The molecule has 17 heavy (non-hydrogen) atoms. The Balaban J connectivity index is 2.94. The molecule has 0 amide bonds. The van der Waals surface area contributed by atoms with Crippen molar-refractivity contribution in [2.45, 2.75) is 33.0 Å². The van der Waals surface area contributed by atoms with E-state index in [0.29, 0.717) is 5.57 Å². The summed E-state index contributed by atoms with van der Waals surface area (Å²) in [6, 6.07) is 0. The van der Waals surface area contributed by atoms with Gasteiger partial charge in [-0.3, -0.25) is 14.4 Å². The first kappa shape index (κ1) is 13.2. The Labute approximate surface area is 99.1 Å². The highest BCUT2D eigenvalue weighted by Gasteiger charge is 2.40. The predicted octanol–water partition coefficient (Wildman–Crippen LogP) is 0.935. The van der Waals surface area contributed by atoms with Crippen molar-refractivity contribution < 1.29 is 23.9 Å². The summed E-state index contributed by atoms with van der Waals surface area (Å²) in [6.45, 7) is 4.21. The molecule has 0 fully saturated rings. The molecular formula is C12H14O5. The second-order valence-electron chi connectivity index (χ2n) is 3.61. The molecule has 0 saturated heterocycles. The van der Waals surface area contributed by atoms with Gasteiger partial charge in [0.25, 0.3) is 0 Å². The zero-order chi connectivity index (χ0) is 13.0. The maximum atomic E-state index is 11.6. The topological polar surface area (TPSA) is 69.7 Å². The van der Waals surface area contributed by atoms with Gasteiger partial charge in [-0.2, -0.15) is 0 Å². The third-order valence-corrected chi connectivity index (χ3v) is 2.14. The molecule has 2 atom stereocenters. The van der Waals surface area contributed by atoms with E-state index in [1.54, 1.807) is 19.1 Å². The number of carbonyl (C=O) groups is 3. The number of hydrogen-bond acceptors (Lipinski definition) is 5. The van der Waals surface area contributed by atoms with Crippen LogP contribution >= 0.6 is 0 Å². The largest absolute Gasteiger partial charge is 0.453 e.